The van der Waals surface area contributed by atoms with E-state index in [2.05, 4.69) is 36.3 Å². The molecule has 0 fully saturated rings. The molecule has 1 N–H and O–H groups in total. The van der Waals surface area contributed by atoms with Gasteiger partial charge in [0.2, 0.25) is 6.79 Å². The molecule has 2 heterocycles. The van der Waals surface area contributed by atoms with Crippen LogP contribution in [0.15, 0.2) is 36.4 Å². The first-order chi connectivity index (χ1) is 10.0. The van der Waals surface area contributed by atoms with Gasteiger partial charge in [0.1, 0.15) is 5.82 Å². The van der Waals surface area contributed by atoms with Gasteiger partial charge >= 0.3 is 0 Å². The molecule has 0 saturated carbocycles. The molecule has 0 spiro atoms. The van der Waals surface area contributed by atoms with E-state index >= 15 is 0 Å². The maximum atomic E-state index is 5.46. The second kappa shape index (κ2) is 5.28. The van der Waals surface area contributed by atoms with Gasteiger partial charge in [-0.25, -0.2) is 4.98 Å². The van der Waals surface area contributed by atoms with Crippen LogP contribution in [0.5, 0.6) is 11.5 Å². The van der Waals surface area contributed by atoms with Gasteiger partial charge < -0.3 is 14.8 Å². The van der Waals surface area contributed by atoms with Crippen LogP contribution in [-0.2, 0) is 5.41 Å². The van der Waals surface area contributed by atoms with E-state index in [9.17, 15) is 0 Å². The standard InChI is InChI=1S/C17H20N2O2/c1-12-5-4-6-16(19-12)18-10-17(2,3)13-7-8-14-15(9-13)21-11-20-14/h4-9H,10-11H2,1-3H3,(H,18,19). The molecule has 4 heteroatoms. The molecule has 3 rings (SSSR count). The fourth-order valence-corrected chi connectivity index (χ4v) is 2.37. The molecule has 1 aromatic carbocycles. The molecule has 2 aromatic rings. The number of ether oxygens (including phenoxy) is 2. The smallest absolute Gasteiger partial charge is 0.231 e. The maximum absolute atomic E-state index is 5.46. The number of nitrogens with zero attached hydrogens (tertiary/aromatic N) is 1. The fraction of sp³-hybridized carbons (Fsp3) is 0.353. The first-order valence-electron chi connectivity index (χ1n) is 7.12. The predicted molar refractivity (Wildman–Crippen MR) is 83.1 cm³/mol. The molecular formula is C17H20N2O2. The number of fused-ring (bicyclic) bond motifs is 1. The highest BCUT2D eigenvalue weighted by molar-refractivity contribution is 5.47. The average Bonchev–Trinajstić information content (AvgIpc) is 2.93. The highest BCUT2D eigenvalue weighted by Crippen LogP contribution is 2.36. The van der Waals surface area contributed by atoms with Gasteiger partial charge in [-0.1, -0.05) is 26.0 Å². The van der Waals surface area contributed by atoms with Crippen LogP contribution in [-0.4, -0.2) is 18.3 Å². The number of aryl methyl sites for hydroxylation is 1. The second-order valence-corrected chi connectivity index (χ2v) is 5.97. The van der Waals surface area contributed by atoms with Crippen molar-refractivity contribution in [2.45, 2.75) is 26.2 Å². The molecule has 1 aliphatic rings. The maximum Gasteiger partial charge on any atom is 0.231 e. The first kappa shape index (κ1) is 13.7. The lowest BCUT2D eigenvalue weighted by Gasteiger charge is -2.26. The third kappa shape index (κ3) is 2.94. The predicted octanol–water partition coefficient (Wildman–Crippen LogP) is 3.51. The summed E-state index contributed by atoms with van der Waals surface area (Å²) in [7, 11) is 0. The summed E-state index contributed by atoms with van der Waals surface area (Å²) in [5, 5.41) is 3.41. The molecule has 110 valence electrons. The van der Waals surface area contributed by atoms with E-state index in [-0.39, 0.29) is 5.41 Å². The summed E-state index contributed by atoms with van der Waals surface area (Å²) in [6.45, 7) is 7.50. The van der Waals surface area contributed by atoms with Crippen molar-refractivity contribution >= 4 is 5.82 Å². The van der Waals surface area contributed by atoms with Crippen LogP contribution in [0.4, 0.5) is 5.82 Å². The fourth-order valence-electron chi connectivity index (χ4n) is 2.37. The number of nitrogens with one attached hydrogen (secondary N) is 1. The number of aromatic nitrogens is 1. The van der Waals surface area contributed by atoms with E-state index in [1.807, 2.05) is 31.2 Å². The third-order valence-electron chi connectivity index (χ3n) is 3.75. The van der Waals surface area contributed by atoms with Crippen LogP contribution in [0.25, 0.3) is 0 Å². The summed E-state index contributed by atoms with van der Waals surface area (Å²) in [6.07, 6.45) is 0. The SMILES string of the molecule is Cc1cccc(NCC(C)(C)c2ccc3c(c2)OCO3)n1. The van der Waals surface area contributed by atoms with Crippen molar-refractivity contribution in [1.29, 1.82) is 0 Å². The zero-order valence-corrected chi connectivity index (χ0v) is 12.6. The Hall–Kier alpha value is -2.23. The van der Waals surface area contributed by atoms with Gasteiger partial charge in [-0.3, -0.25) is 0 Å². The minimum absolute atomic E-state index is 0.0353. The summed E-state index contributed by atoms with van der Waals surface area (Å²) in [6, 6.07) is 12.1. The van der Waals surface area contributed by atoms with Crippen LogP contribution in [0, 0.1) is 6.92 Å². The minimum Gasteiger partial charge on any atom is -0.454 e. The Kier molecular flexibility index (Phi) is 3.45. The molecule has 0 aliphatic carbocycles. The summed E-state index contributed by atoms with van der Waals surface area (Å²) in [5.41, 5.74) is 2.19. The average molecular weight is 284 g/mol. The van der Waals surface area contributed by atoms with Crippen molar-refractivity contribution < 1.29 is 9.47 Å². The van der Waals surface area contributed by atoms with Gasteiger partial charge in [0.25, 0.3) is 0 Å². The Bertz CT molecular complexity index is 653. The normalized spacial score (nSPS) is 13.3. The Labute approximate surface area is 125 Å². The lowest BCUT2D eigenvalue weighted by atomic mass is 9.84. The zero-order valence-electron chi connectivity index (χ0n) is 12.6. The van der Waals surface area contributed by atoms with Crippen molar-refractivity contribution in [3.8, 4) is 11.5 Å². The van der Waals surface area contributed by atoms with Crippen molar-refractivity contribution in [3.05, 3.63) is 47.7 Å². The Balaban J connectivity index is 1.74. The molecule has 21 heavy (non-hydrogen) atoms. The zero-order chi connectivity index (χ0) is 14.9. The van der Waals surface area contributed by atoms with Gasteiger partial charge in [-0.05, 0) is 36.8 Å². The lowest BCUT2D eigenvalue weighted by molar-refractivity contribution is 0.174. The van der Waals surface area contributed by atoms with E-state index in [0.29, 0.717) is 6.79 Å². The van der Waals surface area contributed by atoms with Crippen molar-refractivity contribution in [1.82, 2.24) is 4.98 Å². The van der Waals surface area contributed by atoms with Crippen molar-refractivity contribution in [2.24, 2.45) is 0 Å². The number of pyridine rings is 1. The van der Waals surface area contributed by atoms with E-state index in [0.717, 1.165) is 29.6 Å². The number of hydrogen-bond donors (Lipinski definition) is 1. The number of rotatable bonds is 4. The highest BCUT2D eigenvalue weighted by atomic mass is 16.7. The number of hydrogen-bond acceptors (Lipinski definition) is 4. The molecule has 0 radical (unpaired) electrons. The topological polar surface area (TPSA) is 43.4 Å². The molecule has 0 bridgehead atoms. The molecule has 0 amide bonds. The van der Waals surface area contributed by atoms with Crippen LogP contribution >= 0.6 is 0 Å². The van der Waals surface area contributed by atoms with E-state index in [1.54, 1.807) is 0 Å². The molecule has 0 saturated heterocycles. The Morgan fingerprint density at radius 3 is 2.76 bits per heavy atom. The van der Waals surface area contributed by atoms with Crippen LogP contribution in [0.1, 0.15) is 25.1 Å². The summed E-state index contributed by atoms with van der Waals surface area (Å²) < 4.78 is 10.8. The van der Waals surface area contributed by atoms with Gasteiger partial charge in [-0.2, -0.15) is 0 Å². The van der Waals surface area contributed by atoms with Gasteiger partial charge in [0, 0.05) is 17.7 Å². The van der Waals surface area contributed by atoms with Crippen molar-refractivity contribution in [2.75, 3.05) is 18.7 Å². The summed E-state index contributed by atoms with van der Waals surface area (Å²) in [5.74, 6) is 2.56. The van der Waals surface area contributed by atoms with Gasteiger partial charge in [0.05, 0.1) is 0 Å². The quantitative estimate of drug-likeness (QED) is 0.933. The van der Waals surface area contributed by atoms with Crippen LogP contribution in [0.2, 0.25) is 0 Å². The monoisotopic (exact) mass is 284 g/mol. The second-order valence-electron chi connectivity index (χ2n) is 5.97. The molecule has 0 unspecified atom stereocenters. The Morgan fingerprint density at radius 1 is 1.14 bits per heavy atom. The van der Waals surface area contributed by atoms with E-state index in [1.165, 1.54) is 5.56 Å². The van der Waals surface area contributed by atoms with Crippen LogP contribution < -0.4 is 14.8 Å². The largest absolute Gasteiger partial charge is 0.454 e. The van der Waals surface area contributed by atoms with E-state index in [4.69, 9.17) is 9.47 Å². The number of benzene rings is 1. The molecule has 0 atom stereocenters. The van der Waals surface area contributed by atoms with Gasteiger partial charge in [-0.15, -0.1) is 0 Å². The third-order valence-corrected chi connectivity index (χ3v) is 3.75. The van der Waals surface area contributed by atoms with Crippen molar-refractivity contribution in [3.63, 3.8) is 0 Å². The summed E-state index contributed by atoms with van der Waals surface area (Å²) in [4.78, 5) is 4.47. The lowest BCUT2D eigenvalue weighted by Crippen LogP contribution is -2.27. The Morgan fingerprint density at radius 2 is 1.95 bits per heavy atom. The minimum atomic E-state index is -0.0353. The molecule has 1 aliphatic heterocycles. The molecular weight excluding hydrogens is 264 g/mol. The molecule has 4 nitrogen and oxygen atoms in total. The number of anilines is 1. The first-order valence-corrected chi connectivity index (χ1v) is 7.12. The van der Waals surface area contributed by atoms with E-state index < -0.39 is 0 Å². The summed E-state index contributed by atoms with van der Waals surface area (Å²) >= 11 is 0. The van der Waals surface area contributed by atoms with Gasteiger partial charge in [0.15, 0.2) is 11.5 Å². The highest BCUT2D eigenvalue weighted by Gasteiger charge is 2.24. The molecule has 1 aromatic heterocycles. The van der Waals surface area contributed by atoms with Crippen LogP contribution in [0.3, 0.4) is 0 Å².